The number of aromatic nitrogens is 2. The third kappa shape index (κ3) is 2.16. The van der Waals surface area contributed by atoms with Crippen LogP contribution in [-0.2, 0) is 13.0 Å². The SMILES string of the molecule is Cc1[nH]c(=O)c(C(=O)N2CCc3nocc3C2)c(C)c1C. The Balaban J connectivity index is 1.97. The van der Waals surface area contributed by atoms with Gasteiger partial charge in [0.15, 0.2) is 0 Å². The fourth-order valence-corrected chi connectivity index (χ4v) is 2.70. The molecule has 21 heavy (non-hydrogen) atoms. The first kappa shape index (κ1) is 13.6. The standard InChI is InChI=1S/C15H17N3O3/c1-8-9(2)13(14(19)16-10(8)3)15(20)18-5-4-12-11(6-18)7-21-17-12/h7H,4-6H2,1-3H3,(H,16,19). The maximum absolute atomic E-state index is 12.7. The van der Waals surface area contributed by atoms with E-state index in [0.717, 1.165) is 28.1 Å². The summed E-state index contributed by atoms with van der Waals surface area (Å²) in [5.41, 5.74) is 4.21. The summed E-state index contributed by atoms with van der Waals surface area (Å²) in [5.74, 6) is -0.233. The number of hydrogen-bond acceptors (Lipinski definition) is 4. The summed E-state index contributed by atoms with van der Waals surface area (Å²) in [4.78, 5) is 29.3. The number of fused-ring (bicyclic) bond motifs is 1. The van der Waals surface area contributed by atoms with E-state index in [1.54, 1.807) is 11.2 Å². The molecule has 3 rings (SSSR count). The molecule has 1 aliphatic heterocycles. The first-order chi connectivity index (χ1) is 9.99. The van der Waals surface area contributed by atoms with E-state index in [0.29, 0.717) is 19.5 Å². The van der Waals surface area contributed by atoms with Crippen molar-refractivity contribution < 1.29 is 9.32 Å². The number of amides is 1. The summed E-state index contributed by atoms with van der Waals surface area (Å²) in [5, 5.41) is 3.90. The molecule has 3 heterocycles. The van der Waals surface area contributed by atoms with Gasteiger partial charge in [-0.15, -0.1) is 0 Å². The van der Waals surface area contributed by atoms with Crippen LogP contribution in [-0.4, -0.2) is 27.5 Å². The van der Waals surface area contributed by atoms with E-state index in [2.05, 4.69) is 10.1 Å². The summed E-state index contributed by atoms with van der Waals surface area (Å²) < 4.78 is 4.93. The van der Waals surface area contributed by atoms with Crippen molar-refractivity contribution in [3.63, 3.8) is 0 Å². The van der Waals surface area contributed by atoms with E-state index in [1.807, 2.05) is 20.8 Å². The van der Waals surface area contributed by atoms with Gasteiger partial charge in [-0.2, -0.15) is 0 Å². The van der Waals surface area contributed by atoms with Crippen molar-refractivity contribution >= 4 is 5.91 Å². The highest BCUT2D eigenvalue weighted by Gasteiger charge is 2.27. The number of aryl methyl sites for hydroxylation is 1. The quantitative estimate of drug-likeness (QED) is 0.861. The zero-order valence-corrected chi connectivity index (χ0v) is 12.3. The minimum absolute atomic E-state index is 0.233. The molecule has 0 saturated heterocycles. The number of carbonyl (C=O) groups excluding carboxylic acids is 1. The Bertz CT molecular complexity index is 773. The number of hydrogen-bond donors (Lipinski definition) is 1. The Morgan fingerprint density at radius 2 is 2.10 bits per heavy atom. The summed E-state index contributed by atoms with van der Waals surface area (Å²) in [6.45, 7) is 6.54. The normalized spacial score (nSPS) is 14.1. The number of nitrogens with one attached hydrogen (secondary N) is 1. The van der Waals surface area contributed by atoms with Crippen LogP contribution in [0.25, 0.3) is 0 Å². The number of nitrogens with zero attached hydrogens (tertiary/aromatic N) is 2. The molecule has 0 spiro atoms. The van der Waals surface area contributed by atoms with Gasteiger partial charge in [-0.3, -0.25) is 9.59 Å². The molecule has 6 nitrogen and oxygen atoms in total. The van der Waals surface area contributed by atoms with Crippen LogP contribution in [0.15, 0.2) is 15.6 Å². The van der Waals surface area contributed by atoms with Gasteiger partial charge in [-0.1, -0.05) is 5.16 Å². The van der Waals surface area contributed by atoms with Crippen LogP contribution >= 0.6 is 0 Å². The van der Waals surface area contributed by atoms with Crippen LogP contribution in [0.2, 0.25) is 0 Å². The van der Waals surface area contributed by atoms with Gasteiger partial charge in [-0.05, 0) is 31.9 Å². The lowest BCUT2D eigenvalue weighted by Crippen LogP contribution is -2.39. The van der Waals surface area contributed by atoms with Crippen LogP contribution in [0.3, 0.4) is 0 Å². The van der Waals surface area contributed by atoms with Crippen molar-refractivity contribution in [2.75, 3.05) is 6.54 Å². The van der Waals surface area contributed by atoms with Crippen molar-refractivity contribution in [2.45, 2.75) is 33.7 Å². The van der Waals surface area contributed by atoms with Crippen LogP contribution in [0.5, 0.6) is 0 Å². The largest absolute Gasteiger partial charge is 0.364 e. The maximum Gasteiger partial charge on any atom is 0.261 e. The molecule has 1 N–H and O–H groups in total. The molecule has 0 aromatic carbocycles. The lowest BCUT2D eigenvalue weighted by molar-refractivity contribution is 0.0731. The zero-order chi connectivity index (χ0) is 15.1. The van der Waals surface area contributed by atoms with Gasteiger partial charge in [0.25, 0.3) is 11.5 Å². The Morgan fingerprint density at radius 3 is 2.86 bits per heavy atom. The highest BCUT2D eigenvalue weighted by molar-refractivity contribution is 5.95. The average molecular weight is 287 g/mol. The molecule has 0 unspecified atom stereocenters. The smallest absolute Gasteiger partial charge is 0.261 e. The number of rotatable bonds is 1. The molecule has 0 bridgehead atoms. The molecule has 0 aliphatic carbocycles. The van der Waals surface area contributed by atoms with Gasteiger partial charge in [0.2, 0.25) is 0 Å². The van der Waals surface area contributed by atoms with E-state index >= 15 is 0 Å². The molecular formula is C15H17N3O3. The third-order valence-corrected chi connectivity index (χ3v) is 4.24. The number of aromatic amines is 1. The lowest BCUT2D eigenvalue weighted by atomic mass is 10.0. The molecule has 2 aromatic rings. The molecule has 0 atom stereocenters. The minimum Gasteiger partial charge on any atom is -0.364 e. The molecule has 2 aromatic heterocycles. The first-order valence-electron chi connectivity index (χ1n) is 6.90. The monoisotopic (exact) mass is 287 g/mol. The predicted octanol–water partition coefficient (Wildman–Crippen LogP) is 1.49. The highest BCUT2D eigenvalue weighted by Crippen LogP contribution is 2.20. The Morgan fingerprint density at radius 1 is 1.33 bits per heavy atom. The van der Waals surface area contributed by atoms with Gasteiger partial charge in [-0.25, -0.2) is 0 Å². The first-order valence-corrected chi connectivity index (χ1v) is 6.90. The maximum atomic E-state index is 12.7. The van der Waals surface area contributed by atoms with Crippen LogP contribution in [0, 0.1) is 20.8 Å². The number of carbonyl (C=O) groups is 1. The van der Waals surface area contributed by atoms with E-state index in [-0.39, 0.29) is 17.0 Å². The van der Waals surface area contributed by atoms with Gasteiger partial charge in [0.1, 0.15) is 11.8 Å². The van der Waals surface area contributed by atoms with Gasteiger partial charge >= 0.3 is 0 Å². The predicted molar refractivity (Wildman–Crippen MR) is 76.2 cm³/mol. The lowest BCUT2D eigenvalue weighted by Gasteiger charge is -2.26. The van der Waals surface area contributed by atoms with Crippen molar-refractivity contribution in [3.05, 3.63) is 50.3 Å². The Labute approximate surface area is 121 Å². The van der Waals surface area contributed by atoms with Crippen LogP contribution < -0.4 is 5.56 Å². The van der Waals surface area contributed by atoms with Crippen molar-refractivity contribution in [2.24, 2.45) is 0 Å². The van der Waals surface area contributed by atoms with Gasteiger partial charge < -0.3 is 14.4 Å². The molecule has 1 amide bonds. The Hall–Kier alpha value is -2.37. The van der Waals surface area contributed by atoms with Crippen LogP contribution in [0.4, 0.5) is 0 Å². The van der Waals surface area contributed by atoms with E-state index < -0.39 is 0 Å². The molecule has 1 aliphatic rings. The summed E-state index contributed by atoms with van der Waals surface area (Å²) >= 11 is 0. The topological polar surface area (TPSA) is 79.2 Å². The van der Waals surface area contributed by atoms with Gasteiger partial charge in [0, 0.05) is 24.2 Å². The van der Waals surface area contributed by atoms with Crippen LogP contribution in [0.1, 0.15) is 38.4 Å². The summed E-state index contributed by atoms with van der Waals surface area (Å²) in [6, 6.07) is 0. The van der Waals surface area contributed by atoms with E-state index in [9.17, 15) is 9.59 Å². The average Bonchev–Trinajstić information content (AvgIpc) is 2.92. The van der Waals surface area contributed by atoms with Crippen molar-refractivity contribution in [3.8, 4) is 0 Å². The number of H-pyrrole nitrogens is 1. The second-order valence-corrected chi connectivity index (χ2v) is 5.47. The summed E-state index contributed by atoms with van der Waals surface area (Å²) in [7, 11) is 0. The van der Waals surface area contributed by atoms with E-state index in [1.165, 1.54) is 0 Å². The molecule has 0 saturated carbocycles. The minimum atomic E-state index is -0.322. The fraction of sp³-hybridized carbons (Fsp3) is 0.400. The third-order valence-electron chi connectivity index (χ3n) is 4.24. The summed E-state index contributed by atoms with van der Waals surface area (Å²) in [6.07, 6.45) is 2.21. The molecule has 0 fully saturated rings. The molecule has 0 radical (unpaired) electrons. The fourth-order valence-electron chi connectivity index (χ4n) is 2.70. The second kappa shape index (κ2) is 4.87. The Kier molecular flexibility index (Phi) is 3.16. The number of pyridine rings is 1. The molecular weight excluding hydrogens is 270 g/mol. The molecule has 110 valence electrons. The zero-order valence-electron chi connectivity index (χ0n) is 12.3. The van der Waals surface area contributed by atoms with E-state index in [4.69, 9.17) is 4.52 Å². The van der Waals surface area contributed by atoms with Crippen molar-refractivity contribution in [1.82, 2.24) is 15.0 Å². The highest BCUT2D eigenvalue weighted by atomic mass is 16.5. The molecule has 6 heteroatoms. The second-order valence-electron chi connectivity index (χ2n) is 5.47. The van der Waals surface area contributed by atoms with Crippen molar-refractivity contribution in [1.29, 1.82) is 0 Å². The van der Waals surface area contributed by atoms with Gasteiger partial charge in [0.05, 0.1) is 12.2 Å².